The molecule has 4 nitrogen and oxygen atoms in total. The first-order valence-electron chi connectivity index (χ1n) is 26.4. The molecule has 4 heteroatoms. The van der Waals surface area contributed by atoms with Gasteiger partial charge in [0.2, 0.25) is 0 Å². The molecule has 3 aromatic carbocycles. The lowest BCUT2D eigenvalue weighted by Gasteiger charge is -2.48. The molecule has 4 aromatic rings. The highest BCUT2D eigenvalue weighted by molar-refractivity contribution is 5.95. The van der Waals surface area contributed by atoms with Crippen molar-refractivity contribution in [2.24, 2.45) is 17.8 Å². The van der Waals surface area contributed by atoms with Crippen LogP contribution in [0.1, 0.15) is 152 Å². The molecule has 0 N–H and O–H groups in total. The SMILES string of the molecule is CC1CCC(N(C2=Cc3c(n(C4=CC=CCC4)c4ccccc34)CC2)C2CCC(C3CC=C(N(c4ccccc4)c4ccc5c(c4)C4CCC=CC4N5C4CC=CCC4)CC3)CC2)CC1. The van der Waals surface area contributed by atoms with Crippen molar-refractivity contribution in [3.8, 4) is 0 Å². The van der Waals surface area contributed by atoms with Crippen LogP contribution in [-0.4, -0.2) is 33.6 Å². The van der Waals surface area contributed by atoms with Gasteiger partial charge in [0, 0.05) is 74.8 Å². The first-order chi connectivity index (χ1) is 32.2. The number of anilines is 3. The Morgan fingerprint density at radius 3 is 2.22 bits per heavy atom. The van der Waals surface area contributed by atoms with Gasteiger partial charge in [-0.1, -0.05) is 85.9 Å². The number of hydrogen-bond donors (Lipinski definition) is 0. The van der Waals surface area contributed by atoms with E-state index in [0.29, 0.717) is 30.1 Å². The molecule has 1 aliphatic heterocycles. The summed E-state index contributed by atoms with van der Waals surface area (Å²) < 4.78 is 2.64. The Kier molecular flexibility index (Phi) is 11.5. The van der Waals surface area contributed by atoms with Gasteiger partial charge in [-0.05, 0) is 200 Å². The van der Waals surface area contributed by atoms with Gasteiger partial charge in [-0.2, -0.15) is 0 Å². The lowest BCUT2D eigenvalue weighted by atomic mass is 9.72. The highest BCUT2D eigenvalue weighted by atomic mass is 15.2. The number of aromatic nitrogens is 1. The summed E-state index contributed by atoms with van der Waals surface area (Å²) in [6.45, 7) is 2.49. The molecule has 2 heterocycles. The monoisotopic (exact) mass is 861 g/mol. The van der Waals surface area contributed by atoms with E-state index in [1.54, 1.807) is 17.0 Å². The minimum Gasteiger partial charge on any atom is -0.369 e. The molecule has 4 unspecified atom stereocenters. The average Bonchev–Trinajstić information content (AvgIpc) is 3.88. The number of rotatable bonds is 9. The maximum Gasteiger partial charge on any atom is 0.0545 e. The fraction of sp³-hybridized carbons (Fsp3) is 0.475. The van der Waals surface area contributed by atoms with E-state index < -0.39 is 0 Å². The van der Waals surface area contributed by atoms with Crippen LogP contribution >= 0.6 is 0 Å². The van der Waals surface area contributed by atoms with E-state index >= 15 is 0 Å². The molecule has 8 aliphatic rings. The van der Waals surface area contributed by atoms with Gasteiger partial charge in [-0.15, -0.1) is 0 Å². The summed E-state index contributed by atoms with van der Waals surface area (Å²) in [6, 6.07) is 30.6. The molecule has 0 radical (unpaired) electrons. The first-order valence-corrected chi connectivity index (χ1v) is 26.4. The molecule has 7 aliphatic carbocycles. The molecule has 12 rings (SSSR count). The summed E-state index contributed by atoms with van der Waals surface area (Å²) in [7, 11) is 0. The van der Waals surface area contributed by atoms with Crippen molar-refractivity contribution in [2.45, 2.75) is 165 Å². The zero-order valence-corrected chi connectivity index (χ0v) is 39.2. The third-order valence-corrected chi connectivity index (χ3v) is 17.8. The zero-order valence-electron chi connectivity index (χ0n) is 39.2. The van der Waals surface area contributed by atoms with Gasteiger partial charge in [0.1, 0.15) is 0 Å². The van der Waals surface area contributed by atoms with Crippen LogP contribution < -0.4 is 9.80 Å². The van der Waals surface area contributed by atoms with Crippen LogP contribution in [-0.2, 0) is 6.42 Å². The molecule has 0 bridgehead atoms. The van der Waals surface area contributed by atoms with Crippen molar-refractivity contribution in [3.05, 3.63) is 150 Å². The van der Waals surface area contributed by atoms with Crippen LogP contribution in [0, 0.1) is 17.8 Å². The van der Waals surface area contributed by atoms with Crippen LogP contribution in [0.2, 0.25) is 0 Å². The van der Waals surface area contributed by atoms with Crippen molar-refractivity contribution in [2.75, 3.05) is 9.80 Å². The van der Waals surface area contributed by atoms with Crippen molar-refractivity contribution in [1.29, 1.82) is 0 Å². The number of hydrogen-bond acceptors (Lipinski definition) is 3. The van der Waals surface area contributed by atoms with E-state index in [-0.39, 0.29) is 0 Å². The second-order valence-electron chi connectivity index (χ2n) is 21.5. The summed E-state index contributed by atoms with van der Waals surface area (Å²) in [4.78, 5) is 8.52. The Morgan fingerprint density at radius 1 is 0.615 bits per heavy atom. The maximum absolute atomic E-state index is 3.06. The zero-order chi connectivity index (χ0) is 43.3. The van der Waals surface area contributed by atoms with Crippen molar-refractivity contribution in [3.63, 3.8) is 0 Å². The summed E-state index contributed by atoms with van der Waals surface area (Å²) in [6.07, 6.45) is 47.4. The van der Waals surface area contributed by atoms with Gasteiger partial charge in [0.15, 0.2) is 0 Å². The Balaban J connectivity index is 0.782. The van der Waals surface area contributed by atoms with Gasteiger partial charge in [0.05, 0.1) is 11.6 Å². The van der Waals surface area contributed by atoms with Gasteiger partial charge < -0.3 is 19.3 Å². The third-order valence-electron chi connectivity index (χ3n) is 17.8. The van der Waals surface area contributed by atoms with Crippen LogP contribution in [0.25, 0.3) is 22.7 Å². The highest BCUT2D eigenvalue weighted by Crippen LogP contribution is 2.51. The Morgan fingerprint density at radius 2 is 1.43 bits per heavy atom. The van der Waals surface area contributed by atoms with Gasteiger partial charge in [-0.3, -0.25) is 0 Å². The molecule has 4 atom stereocenters. The molecular weight excluding hydrogens is 789 g/mol. The lowest BCUT2D eigenvalue weighted by Crippen LogP contribution is -2.46. The van der Waals surface area contributed by atoms with Gasteiger partial charge >= 0.3 is 0 Å². The van der Waals surface area contributed by atoms with E-state index in [1.807, 2.05) is 0 Å². The van der Waals surface area contributed by atoms with E-state index in [2.05, 4.69) is 154 Å². The minimum atomic E-state index is 0.501. The largest absolute Gasteiger partial charge is 0.369 e. The molecule has 65 heavy (non-hydrogen) atoms. The summed E-state index contributed by atoms with van der Waals surface area (Å²) in [5.74, 6) is 3.09. The van der Waals surface area contributed by atoms with Gasteiger partial charge in [-0.25, -0.2) is 0 Å². The van der Waals surface area contributed by atoms with Crippen LogP contribution in [0.3, 0.4) is 0 Å². The molecule has 2 fully saturated rings. The Labute approximate surface area is 390 Å². The standard InChI is InChI=1S/C61H72N4/c1-43-25-31-49(32-26-43)63(53-38-40-61-57(42-53)55-22-12-14-24-59(55)65(61)48-19-9-4-10-20-48)51-35-29-45(30-36-51)44-27-33-50(34-28-44)62(46-15-5-2-6-16-46)52-37-39-60-56(41-52)54-21-11-13-23-58(54)64(60)47-17-7-3-8-18-47/h2-7,9,12-16,19,22-24,33,37,39,41-45,47,49,51,54,58H,8,10-11,17-18,20-21,25-32,34-36,38,40H2,1H3. The van der Waals surface area contributed by atoms with Crippen LogP contribution in [0.15, 0.2) is 133 Å². The molecule has 0 amide bonds. The number of benzene rings is 3. The second-order valence-corrected chi connectivity index (χ2v) is 21.5. The summed E-state index contributed by atoms with van der Waals surface area (Å²) in [5.41, 5.74) is 14.8. The first kappa shape index (κ1) is 41.5. The fourth-order valence-electron chi connectivity index (χ4n) is 14.5. The van der Waals surface area contributed by atoms with Crippen molar-refractivity contribution in [1.82, 2.24) is 9.47 Å². The van der Waals surface area contributed by atoms with E-state index in [1.165, 1.54) is 148 Å². The van der Waals surface area contributed by atoms with Crippen molar-refractivity contribution >= 4 is 39.7 Å². The minimum absolute atomic E-state index is 0.501. The number of allylic oxidation sites excluding steroid dienone is 9. The van der Waals surface area contributed by atoms with E-state index in [4.69, 9.17) is 0 Å². The fourth-order valence-corrected chi connectivity index (χ4v) is 14.5. The molecule has 336 valence electrons. The maximum atomic E-state index is 3.06. The predicted molar refractivity (Wildman–Crippen MR) is 274 cm³/mol. The summed E-state index contributed by atoms with van der Waals surface area (Å²) in [5, 5.41) is 1.44. The van der Waals surface area contributed by atoms with Crippen LogP contribution in [0.5, 0.6) is 0 Å². The summed E-state index contributed by atoms with van der Waals surface area (Å²) >= 11 is 0. The third kappa shape index (κ3) is 7.79. The van der Waals surface area contributed by atoms with Crippen LogP contribution in [0.4, 0.5) is 17.1 Å². The van der Waals surface area contributed by atoms with Crippen molar-refractivity contribution < 1.29 is 0 Å². The molecule has 2 saturated carbocycles. The second kappa shape index (κ2) is 18.0. The number of fused-ring (bicyclic) bond motifs is 6. The van der Waals surface area contributed by atoms with E-state index in [9.17, 15) is 0 Å². The smallest absolute Gasteiger partial charge is 0.0545 e. The normalized spacial score (nSPS) is 29.7. The molecule has 1 aromatic heterocycles. The van der Waals surface area contributed by atoms with E-state index in [0.717, 1.165) is 43.4 Å². The number of nitrogens with zero attached hydrogens (tertiary/aromatic N) is 4. The average molecular weight is 861 g/mol. The molecular formula is C61H72N4. The Hall–Kier alpha value is -4.96. The number of para-hydroxylation sites is 2. The molecule has 0 spiro atoms. The van der Waals surface area contributed by atoms with Gasteiger partial charge in [0.25, 0.3) is 0 Å². The topological polar surface area (TPSA) is 14.7 Å². The predicted octanol–water partition coefficient (Wildman–Crippen LogP) is 15.8. The Bertz CT molecular complexity index is 2550. The highest BCUT2D eigenvalue weighted by Gasteiger charge is 2.42. The lowest BCUT2D eigenvalue weighted by molar-refractivity contribution is 0.0812. The molecule has 0 saturated heterocycles. The quantitative estimate of drug-likeness (QED) is 0.156.